The average molecular weight is 490 g/mol. The molecule has 5 rings (SSSR count). The molecule has 8 nitrogen and oxygen atoms in total. The van der Waals surface area contributed by atoms with Crippen molar-refractivity contribution in [2.45, 2.75) is 38.4 Å². The Morgan fingerprint density at radius 2 is 1.81 bits per heavy atom. The number of benzene rings is 3. The fraction of sp³-hybridized carbons (Fsp3) is 0.286. The van der Waals surface area contributed by atoms with Gasteiger partial charge in [0, 0.05) is 5.56 Å². The topological polar surface area (TPSA) is 103 Å². The van der Waals surface area contributed by atoms with E-state index in [4.69, 9.17) is 24.1 Å². The van der Waals surface area contributed by atoms with Crippen LogP contribution in [0.15, 0.2) is 66.7 Å². The van der Waals surface area contributed by atoms with Crippen LogP contribution in [-0.2, 0) is 32.0 Å². The number of carbonyl (C=O) groups excluding carboxylic acids is 1. The lowest BCUT2D eigenvalue weighted by Gasteiger charge is -2.35. The molecule has 2 N–H and O–H groups in total. The van der Waals surface area contributed by atoms with Gasteiger partial charge in [-0.15, -0.1) is 0 Å². The number of ether oxygens (including phenoxy) is 4. The van der Waals surface area contributed by atoms with Gasteiger partial charge in [0.15, 0.2) is 12.9 Å². The van der Waals surface area contributed by atoms with Gasteiger partial charge in [-0.2, -0.15) is 0 Å². The Balaban J connectivity index is 1.12. The number of nitrogens with one attached hydrogen (secondary N) is 1. The summed E-state index contributed by atoms with van der Waals surface area (Å²) >= 11 is 0. The molecule has 3 atom stereocenters. The van der Waals surface area contributed by atoms with Crippen molar-refractivity contribution < 1.29 is 33.6 Å². The molecule has 0 aromatic heterocycles. The maximum Gasteiger partial charge on any atom is 0.407 e. The van der Waals surface area contributed by atoms with E-state index in [-0.39, 0.29) is 25.4 Å². The maximum atomic E-state index is 12.5. The second-order valence-corrected chi connectivity index (χ2v) is 8.86. The fourth-order valence-electron chi connectivity index (χ4n) is 4.55. The highest BCUT2D eigenvalue weighted by Crippen LogP contribution is 2.38. The van der Waals surface area contributed by atoms with E-state index in [2.05, 4.69) is 23.5 Å². The van der Waals surface area contributed by atoms with Crippen LogP contribution in [0.1, 0.15) is 35.5 Å². The Morgan fingerprint density at radius 1 is 1.03 bits per heavy atom. The molecule has 0 saturated carbocycles. The van der Waals surface area contributed by atoms with Crippen molar-refractivity contribution in [1.29, 1.82) is 0 Å². The summed E-state index contributed by atoms with van der Waals surface area (Å²) in [6, 6.07) is 20.9. The van der Waals surface area contributed by atoms with Crippen molar-refractivity contribution in [1.82, 2.24) is 5.32 Å². The quantitative estimate of drug-likeness (QED) is 0.395. The first-order valence-electron chi connectivity index (χ1n) is 11.8. The minimum absolute atomic E-state index is 0.185. The van der Waals surface area contributed by atoms with Crippen molar-refractivity contribution in [3.8, 4) is 16.9 Å². The molecule has 1 amide bonds. The van der Waals surface area contributed by atoms with E-state index in [0.717, 1.165) is 17.5 Å². The molecule has 0 bridgehead atoms. The van der Waals surface area contributed by atoms with Crippen LogP contribution in [0.3, 0.4) is 0 Å². The Bertz CT molecular complexity index is 1260. The van der Waals surface area contributed by atoms with Crippen molar-refractivity contribution >= 4 is 12.1 Å². The molecule has 2 aliphatic rings. The van der Waals surface area contributed by atoms with Crippen molar-refractivity contribution in [2.24, 2.45) is 0 Å². The van der Waals surface area contributed by atoms with Gasteiger partial charge >= 0.3 is 12.1 Å². The second kappa shape index (κ2) is 10.4. The second-order valence-electron chi connectivity index (χ2n) is 8.86. The zero-order chi connectivity index (χ0) is 25.1. The summed E-state index contributed by atoms with van der Waals surface area (Å²) in [4.78, 5) is 23.2. The Hall–Kier alpha value is -3.88. The number of hydrogen-bond acceptors (Lipinski definition) is 6. The van der Waals surface area contributed by atoms with Crippen LogP contribution in [0.25, 0.3) is 11.1 Å². The summed E-state index contributed by atoms with van der Waals surface area (Å²) in [5, 5.41) is 11.6. The molecule has 0 spiro atoms. The number of hydrogen-bond donors (Lipinski definition) is 2. The largest absolute Gasteiger partial charge is 0.482 e. The lowest BCUT2D eigenvalue weighted by molar-refractivity contribution is -0.223. The molecule has 3 unspecified atom stereocenters. The number of aliphatic carboxylic acids is 1. The molecule has 1 fully saturated rings. The van der Waals surface area contributed by atoms with Gasteiger partial charge in [-0.25, -0.2) is 9.59 Å². The molecule has 0 radical (unpaired) electrons. The van der Waals surface area contributed by atoms with E-state index in [9.17, 15) is 9.59 Å². The monoisotopic (exact) mass is 489 g/mol. The van der Waals surface area contributed by atoms with Crippen molar-refractivity contribution in [3.63, 3.8) is 0 Å². The summed E-state index contributed by atoms with van der Waals surface area (Å²) in [7, 11) is 0. The van der Waals surface area contributed by atoms with E-state index >= 15 is 0 Å². The first-order chi connectivity index (χ1) is 17.5. The predicted octanol–water partition coefficient (Wildman–Crippen LogP) is 4.45. The standard InChI is InChI=1S/C28H27NO7/c1-17-25(15-34-27(36-17)18-9-11-21(12-10-18)33-16-26(30)31)29-28(32)35-14-20-6-4-8-23-22-7-3-2-5-19(22)13-24(20)23/h2-12,17,25,27H,13-16H2,1H3,(H,29,32)(H,30,31). The van der Waals surface area contributed by atoms with Crippen LogP contribution in [0.4, 0.5) is 4.79 Å². The molecule has 1 aliphatic carbocycles. The molecule has 36 heavy (non-hydrogen) atoms. The predicted molar refractivity (Wildman–Crippen MR) is 131 cm³/mol. The van der Waals surface area contributed by atoms with Crippen molar-refractivity contribution in [2.75, 3.05) is 13.2 Å². The lowest BCUT2D eigenvalue weighted by Crippen LogP contribution is -2.50. The minimum Gasteiger partial charge on any atom is -0.482 e. The fourth-order valence-corrected chi connectivity index (χ4v) is 4.55. The van der Waals surface area contributed by atoms with Gasteiger partial charge in [0.25, 0.3) is 0 Å². The average Bonchev–Trinajstić information content (AvgIpc) is 3.27. The number of carbonyl (C=O) groups is 2. The Morgan fingerprint density at radius 3 is 2.58 bits per heavy atom. The third-order valence-corrected chi connectivity index (χ3v) is 6.46. The number of amides is 1. The van der Waals surface area contributed by atoms with E-state index in [1.165, 1.54) is 22.3 Å². The molecule has 1 aliphatic heterocycles. The number of carboxylic acids is 1. The maximum absolute atomic E-state index is 12.5. The molecule has 1 heterocycles. The van der Waals surface area contributed by atoms with Crippen LogP contribution in [0, 0.1) is 0 Å². The molecular weight excluding hydrogens is 462 g/mol. The summed E-state index contributed by atoms with van der Waals surface area (Å²) in [5.74, 6) is -0.595. The number of fused-ring (bicyclic) bond motifs is 3. The third-order valence-electron chi connectivity index (χ3n) is 6.46. The Labute approximate surface area is 208 Å². The van der Waals surface area contributed by atoms with Gasteiger partial charge in [-0.3, -0.25) is 0 Å². The summed E-state index contributed by atoms with van der Waals surface area (Å²) in [6.45, 7) is 1.90. The van der Waals surface area contributed by atoms with Gasteiger partial charge < -0.3 is 29.4 Å². The highest BCUT2D eigenvalue weighted by Gasteiger charge is 2.31. The van der Waals surface area contributed by atoms with E-state index in [0.29, 0.717) is 5.75 Å². The summed E-state index contributed by atoms with van der Waals surface area (Å²) < 4.78 is 22.5. The molecule has 8 heteroatoms. The van der Waals surface area contributed by atoms with Gasteiger partial charge in [-0.1, -0.05) is 54.6 Å². The molecule has 3 aromatic carbocycles. The van der Waals surface area contributed by atoms with E-state index in [1.807, 2.05) is 31.2 Å². The van der Waals surface area contributed by atoms with Crippen LogP contribution in [0.2, 0.25) is 0 Å². The number of rotatable bonds is 7. The molecule has 186 valence electrons. The first kappa shape index (κ1) is 23.8. The summed E-state index contributed by atoms with van der Waals surface area (Å²) in [5.41, 5.74) is 6.69. The van der Waals surface area contributed by atoms with E-state index in [1.54, 1.807) is 24.3 Å². The van der Waals surface area contributed by atoms with E-state index < -0.39 is 25.0 Å². The highest BCUT2D eigenvalue weighted by atomic mass is 16.7. The Kier molecular flexibility index (Phi) is 6.88. The SMILES string of the molecule is CC1OC(c2ccc(OCC(=O)O)cc2)OCC1NC(=O)OCc1cccc2c1Cc1ccccc1-2. The molecular formula is C28H27NO7. The van der Waals surface area contributed by atoms with Crippen LogP contribution < -0.4 is 10.1 Å². The molecule has 1 saturated heterocycles. The normalized spacial score (nSPS) is 20.2. The highest BCUT2D eigenvalue weighted by molar-refractivity contribution is 5.78. The smallest absolute Gasteiger partial charge is 0.407 e. The van der Waals surface area contributed by atoms with Crippen molar-refractivity contribution in [3.05, 3.63) is 89.0 Å². The molecule has 3 aromatic rings. The van der Waals surface area contributed by atoms with Crippen LogP contribution >= 0.6 is 0 Å². The first-order valence-corrected chi connectivity index (χ1v) is 11.8. The van der Waals surface area contributed by atoms with Gasteiger partial charge in [0.1, 0.15) is 12.4 Å². The number of alkyl carbamates (subject to hydrolysis) is 1. The zero-order valence-electron chi connectivity index (χ0n) is 19.8. The van der Waals surface area contributed by atoms with Gasteiger partial charge in [-0.05, 0) is 53.3 Å². The number of carboxylic acid groups (broad SMARTS) is 1. The van der Waals surface area contributed by atoms with Crippen LogP contribution in [-0.4, -0.2) is 42.5 Å². The minimum atomic E-state index is -1.04. The lowest BCUT2D eigenvalue weighted by atomic mass is 10.0. The van der Waals surface area contributed by atoms with Crippen LogP contribution in [0.5, 0.6) is 5.75 Å². The summed E-state index contributed by atoms with van der Waals surface area (Å²) in [6.07, 6.45) is -0.599. The van der Waals surface area contributed by atoms with Gasteiger partial charge in [0.2, 0.25) is 0 Å². The van der Waals surface area contributed by atoms with Gasteiger partial charge in [0.05, 0.1) is 18.8 Å². The third kappa shape index (κ3) is 5.19. The zero-order valence-corrected chi connectivity index (χ0v) is 19.8.